The van der Waals surface area contributed by atoms with Crippen molar-refractivity contribution in [2.45, 2.75) is 11.8 Å². The number of rotatable bonds is 5. The minimum atomic E-state index is -3.91. The number of anilines is 2. The van der Waals surface area contributed by atoms with Gasteiger partial charge in [-0.1, -0.05) is 36.4 Å². The molecule has 4 aromatic rings. The summed E-state index contributed by atoms with van der Waals surface area (Å²) in [4.78, 5) is 20.0. The van der Waals surface area contributed by atoms with Crippen LogP contribution in [0, 0.1) is 0 Å². The summed E-state index contributed by atoms with van der Waals surface area (Å²) in [5.74, 6) is -0.0823. The van der Waals surface area contributed by atoms with Gasteiger partial charge in [-0.3, -0.25) is 14.5 Å². The summed E-state index contributed by atoms with van der Waals surface area (Å²) < 4.78 is 28.5. The minimum Gasteiger partial charge on any atom is -0.326 e. The van der Waals surface area contributed by atoms with Crippen molar-refractivity contribution in [3.05, 3.63) is 79.0 Å². The van der Waals surface area contributed by atoms with Crippen LogP contribution in [0.4, 0.5) is 11.5 Å². The van der Waals surface area contributed by atoms with Gasteiger partial charge in [0.05, 0.1) is 10.6 Å². The van der Waals surface area contributed by atoms with Gasteiger partial charge < -0.3 is 5.32 Å². The van der Waals surface area contributed by atoms with Crippen molar-refractivity contribution in [2.75, 3.05) is 10.0 Å². The highest BCUT2D eigenvalue weighted by Gasteiger charge is 2.18. The molecule has 2 N–H and O–H groups in total. The Morgan fingerprint density at radius 1 is 0.933 bits per heavy atom. The van der Waals surface area contributed by atoms with Crippen molar-refractivity contribution in [1.82, 2.24) is 9.97 Å². The fraction of sp³-hybridized carbons (Fsp3) is 0.0455. The lowest BCUT2D eigenvalue weighted by Crippen LogP contribution is -2.15. The zero-order valence-corrected chi connectivity index (χ0v) is 16.8. The van der Waals surface area contributed by atoms with Crippen LogP contribution in [0.5, 0.6) is 0 Å². The van der Waals surface area contributed by atoms with E-state index in [0.29, 0.717) is 16.9 Å². The van der Waals surface area contributed by atoms with E-state index in [1.165, 1.54) is 31.2 Å². The first-order valence-electron chi connectivity index (χ1n) is 9.14. The minimum absolute atomic E-state index is 0.0487. The Bertz CT molecular complexity index is 1320. The number of fused-ring (bicyclic) bond motifs is 1. The molecule has 2 aromatic heterocycles. The van der Waals surface area contributed by atoms with Gasteiger partial charge in [-0.2, -0.15) is 0 Å². The van der Waals surface area contributed by atoms with Gasteiger partial charge >= 0.3 is 0 Å². The zero-order chi connectivity index (χ0) is 21.1. The number of aromatic nitrogens is 2. The molecule has 0 spiro atoms. The lowest BCUT2D eigenvalue weighted by molar-refractivity contribution is -0.114. The Hall–Kier alpha value is -3.78. The second-order valence-corrected chi connectivity index (χ2v) is 8.29. The molecule has 0 aliphatic rings. The molecule has 8 heteroatoms. The van der Waals surface area contributed by atoms with E-state index in [1.807, 2.05) is 42.5 Å². The van der Waals surface area contributed by atoms with Crippen LogP contribution in [-0.4, -0.2) is 24.3 Å². The third kappa shape index (κ3) is 4.13. The van der Waals surface area contributed by atoms with Gasteiger partial charge in [0.1, 0.15) is 5.52 Å². The topological polar surface area (TPSA) is 101 Å². The third-order valence-corrected chi connectivity index (χ3v) is 5.73. The quantitative estimate of drug-likeness (QED) is 0.509. The summed E-state index contributed by atoms with van der Waals surface area (Å²) in [6.45, 7) is 1.38. The van der Waals surface area contributed by atoms with Crippen LogP contribution >= 0.6 is 0 Å². The Labute approximate surface area is 173 Å². The molecule has 0 unspecified atom stereocenters. The monoisotopic (exact) mass is 418 g/mol. The Morgan fingerprint density at radius 2 is 1.67 bits per heavy atom. The summed E-state index contributed by atoms with van der Waals surface area (Å²) in [5.41, 5.74) is 2.46. The molecular formula is C22H18N4O3S. The van der Waals surface area contributed by atoms with Crippen molar-refractivity contribution in [3.63, 3.8) is 0 Å². The highest BCUT2D eigenvalue weighted by molar-refractivity contribution is 7.92. The normalized spacial score (nSPS) is 11.2. The standard InChI is InChI=1S/C22H18N4O3S/c1-15(27)24-18-9-11-19(12-10-18)30(28,29)26-22-21-17(8-5-13-23-21)14-20(25-22)16-6-3-2-4-7-16/h2-14H,1H3,(H,24,27)(H,25,26). The van der Waals surface area contributed by atoms with Crippen molar-refractivity contribution in [3.8, 4) is 11.3 Å². The van der Waals surface area contributed by atoms with E-state index in [0.717, 1.165) is 10.9 Å². The molecule has 0 atom stereocenters. The van der Waals surface area contributed by atoms with Crippen molar-refractivity contribution >= 4 is 38.3 Å². The number of carbonyl (C=O) groups is 1. The smallest absolute Gasteiger partial charge is 0.263 e. The Kier molecular flexibility index (Phi) is 5.16. The summed E-state index contributed by atoms with van der Waals surface area (Å²) in [6, 6.07) is 20.9. The fourth-order valence-electron chi connectivity index (χ4n) is 3.02. The van der Waals surface area contributed by atoms with E-state index < -0.39 is 10.0 Å². The molecule has 2 aromatic carbocycles. The zero-order valence-electron chi connectivity index (χ0n) is 16.0. The first-order chi connectivity index (χ1) is 14.4. The number of nitrogens with one attached hydrogen (secondary N) is 2. The molecule has 7 nitrogen and oxygen atoms in total. The SMILES string of the molecule is CC(=O)Nc1ccc(S(=O)(=O)Nc2nc(-c3ccccc3)cc3cccnc23)cc1. The highest BCUT2D eigenvalue weighted by Crippen LogP contribution is 2.28. The van der Waals surface area contributed by atoms with Crippen LogP contribution < -0.4 is 10.0 Å². The lowest BCUT2D eigenvalue weighted by atomic mass is 10.1. The largest absolute Gasteiger partial charge is 0.326 e. The van der Waals surface area contributed by atoms with Gasteiger partial charge in [-0.25, -0.2) is 13.4 Å². The van der Waals surface area contributed by atoms with Crippen LogP contribution in [0.2, 0.25) is 0 Å². The van der Waals surface area contributed by atoms with Crippen LogP contribution in [-0.2, 0) is 14.8 Å². The molecule has 0 saturated heterocycles. The van der Waals surface area contributed by atoms with Crippen molar-refractivity contribution in [2.24, 2.45) is 0 Å². The van der Waals surface area contributed by atoms with E-state index >= 15 is 0 Å². The van der Waals surface area contributed by atoms with Gasteiger partial charge in [-0.15, -0.1) is 0 Å². The average molecular weight is 418 g/mol. The van der Waals surface area contributed by atoms with Crippen molar-refractivity contribution < 1.29 is 13.2 Å². The summed E-state index contributed by atoms with van der Waals surface area (Å²) in [7, 11) is -3.91. The van der Waals surface area contributed by atoms with Crippen LogP contribution in [0.1, 0.15) is 6.92 Å². The predicted molar refractivity (Wildman–Crippen MR) is 117 cm³/mol. The maximum absolute atomic E-state index is 13.0. The molecule has 0 aliphatic heterocycles. The number of nitrogens with zero attached hydrogens (tertiary/aromatic N) is 2. The molecule has 1 amide bonds. The van der Waals surface area contributed by atoms with Gasteiger partial charge in [0.25, 0.3) is 10.0 Å². The summed E-state index contributed by atoms with van der Waals surface area (Å²) >= 11 is 0. The lowest BCUT2D eigenvalue weighted by Gasteiger charge is -2.12. The van der Waals surface area contributed by atoms with Crippen LogP contribution in [0.25, 0.3) is 22.2 Å². The van der Waals surface area contributed by atoms with E-state index in [2.05, 4.69) is 20.0 Å². The molecule has 4 rings (SSSR count). The maximum Gasteiger partial charge on any atom is 0.263 e. The summed E-state index contributed by atoms with van der Waals surface area (Å²) in [6.07, 6.45) is 1.59. The molecule has 30 heavy (non-hydrogen) atoms. The van der Waals surface area contributed by atoms with Gasteiger partial charge in [0, 0.05) is 29.8 Å². The average Bonchev–Trinajstić information content (AvgIpc) is 2.74. The van der Waals surface area contributed by atoms with Crippen LogP contribution in [0.3, 0.4) is 0 Å². The molecule has 0 radical (unpaired) electrons. The Morgan fingerprint density at radius 3 is 2.37 bits per heavy atom. The number of amides is 1. The van der Waals surface area contributed by atoms with E-state index in [9.17, 15) is 13.2 Å². The molecule has 0 aliphatic carbocycles. The molecule has 0 saturated carbocycles. The number of sulfonamides is 1. The number of benzene rings is 2. The number of pyridine rings is 2. The van der Waals surface area contributed by atoms with Gasteiger partial charge in [-0.05, 0) is 36.4 Å². The summed E-state index contributed by atoms with van der Waals surface area (Å²) in [5, 5.41) is 3.38. The predicted octanol–water partition coefficient (Wildman–Crippen LogP) is 4.06. The molecule has 0 bridgehead atoms. The second-order valence-electron chi connectivity index (χ2n) is 6.61. The first kappa shape index (κ1) is 19.5. The molecule has 150 valence electrons. The number of hydrogen-bond acceptors (Lipinski definition) is 5. The second kappa shape index (κ2) is 7.92. The van der Waals surface area contributed by atoms with E-state index in [1.54, 1.807) is 12.3 Å². The van der Waals surface area contributed by atoms with Gasteiger partial charge in [0.2, 0.25) is 5.91 Å². The third-order valence-electron chi connectivity index (χ3n) is 4.37. The number of carbonyl (C=O) groups excluding carboxylic acids is 1. The van der Waals surface area contributed by atoms with E-state index in [4.69, 9.17) is 0 Å². The maximum atomic E-state index is 13.0. The first-order valence-corrected chi connectivity index (χ1v) is 10.6. The molecule has 2 heterocycles. The Balaban J connectivity index is 1.74. The fourth-order valence-corrected chi connectivity index (χ4v) is 4.03. The van der Waals surface area contributed by atoms with E-state index in [-0.39, 0.29) is 16.6 Å². The molecule has 0 fully saturated rings. The molecular weight excluding hydrogens is 400 g/mol. The van der Waals surface area contributed by atoms with Crippen LogP contribution in [0.15, 0.2) is 83.9 Å². The van der Waals surface area contributed by atoms with Gasteiger partial charge in [0.15, 0.2) is 5.82 Å². The number of hydrogen-bond donors (Lipinski definition) is 2. The van der Waals surface area contributed by atoms with Crippen molar-refractivity contribution in [1.29, 1.82) is 0 Å². The highest BCUT2D eigenvalue weighted by atomic mass is 32.2.